The molecule has 0 fully saturated rings. The van der Waals surface area contributed by atoms with E-state index in [-0.39, 0.29) is 42.6 Å². The quantitative estimate of drug-likeness (QED) is 0.383. The Labute approximate surface area is 171 Å². The van der Waals surface area contributed by atoms with Crippen LogP contribution in [0.25, 0.3) is 10.8 Å². The summed E-state index contributed by atoms with van der Waals surface area (Å²) in [4.78, 5) is 49.5. The Morgan fingerprint density at radius 3 is 2.20 bits per heavy atom. The number of imide groups is 1. The van der Waals surface area contributed by atoms with E-state index in [1.807, 2.05) is 12.1 Å². The summed E-state index contributed by atoms with van der Waals surface area (Å²) in [6, 6.07) is 16.5. The largest absolute Gasteiger partial charge is 0.320 e. The van der Waals surface area contributed by atoms with Crippen molar-refractivity contribution in [1.29, 1.82) is 0 Å². The van der Waals surface area contributed by atoms with Crippen molar-refractivity contribution >= 4 is 39.9 Å². The molecule has 0 radical (unpaired) electrons. The van der Waals surface area contributed by atoms with Gasteiger partial charge < -0.3 is 5.32 Å². The number of nitro groups is 1. The van der Waals surface area contributed by atoms with E-state index in [0.717, 1.165) is 10.3 Å². The molecule has 0 unspecified atom stereocenters. The first-order valence-electron chi connectivity index (χ1n) is 9.38. The smallest absolute Gasteiger partial charge is 0.292 e. The standard InChI is InChI=1S/C22H17N3O5/c26-19(23-17-10-1-2-11-18(17)25(29)30)12-5-13-24-21(27)15-8-3-6-14-7-4-9-16(20(14)15)22(24)28/h1-4,6-11H,5,12-13H2,(H,23,26). The number of carbonyl (C=O) groups is 3. The summed E-state index contributed by atoms with van der Waals surface area (Å²) in [6.07, 6.45) is 0.247. The third-order valence-electron chi connectivity index (χ3n) is 5.02. The molecular formula is C22H17N3O5. The average Bonchev–Trinajstić information content (AvgIpc) is 2.74. The number of nitrogens with one attached hydrogen (secondary N) is 1. The van der Waals surface area contributed by atoms with Gasteiger partial charge in [0.2, 0.25) is 5.91 Å². The molecule has 0 saturated heterocycles. The van der Waals surface area contributed by atoms with E-state index >= 15 is 0 Å². The first-order valence-corrected chi connectivity index (χ1v) is 9.38. The van der Waals surface area contributed by atoms with Crippen molar-refractivity contribution in [1.82, 2.24) is 4.90 Å². The Balaban J connectivity index is 1.44. The first-order chi connectivity index (χ1) is 14.5. The van der Waals surface area contributed by atoms with Gasteiger partial charge in [0, 0.05) is 35.5 Å². The molecular weight excluding hydrogens is 386 g/mol. The first kappa shape index (κ1) is 19.3. The molecule has 8 heteroatoms. The highest BCUT2D eigenvalue weighted by Gasteiger charge is 2.32. The Morgan fingerprint density at radius 1 is 0.933 bits per heavy atom. The third kappa shape index (κ3) is 3.39. The van der Waals surface area contributed by atoms with Crippen LogP contribution in [0.15, 0.2) is 60.7 Å². The maximum Gasteiger partial charge on any atom is 0.292 e. The predicted octanol–water partition coefficient (Wildman–Crippen LogP) is 3.76. The summed E-state index contributed by atoms with van der Waals surface area (Å²) in [5, 5.41) is 15.0. The van der Waals surface area contributed by atoms with Crippen LogP contribution in [0, 0.1) is 10.1 Å². The van der Waals surface area contributed by atoms with E-state index in [1.165, 1.54) is 18.2 Å². The number of rotatable bonds is 6. The number of hydrogen-bond donors (Lipinski definition) is 1. The summed E-state index contributed by atoms with van der Waals surface area (Å²) in [5.74, 6) is -1.20. The van der Waals surface area contributed by atoms with Crippen molar-refractivity contribution in [3.05, 3.63) is 81.9 Å². The van der Waals surface area contributed by atoms with Gasteiger partial charge in [0.1, 0.15) is 5.69 Å². The Hall–Kier alpha value is -4.07. The van der Waals surface area contributed by atoms with Gasteiger partial charge in [0.05, 0.1) is 4.92 Å². The third-order valence-corrected chi connectivity index (χ3v) is 5.02. The van der Waals surface area contributed by atoms with Gasteiger partial charge in [-0.2, -0.15) is 0 Å². The van der Waals surface area contributed by atoms with Crippen molar-refractivity contribution in [2.24, 2.45) is 0 Å². The topological polar surface area (TPSA) is 110 Å². The molecule has 0 saturated carbocycles. The second-order valence-corrected chi connectivity index (χ2v) is 6.90. The highest BCUT2D eigenvalue weighted by atomic mass is 16.6. The molecule has 4 rings (SSSR count). The summed E-state index contributed by atoms with van der Waals surface area (Å²) in [6.45, 7) is 0.0761. The molecule has 0 aliphatic carbocycles. The van der Waals surface area contributed by atoms with Gasteiger partial charge in [-0.25, -0.2) is 0 Å². The minimum Gasteiger partial charge on any atom is -0.320 e. The van der Waals surface area contributed by atoms with Crippen molar-refractivity contribution in [3.8, 4) is 0 Å². The zero-order valence-corrected chi connectivity index (χ0v) is 15.8. The van der Waals surface area contributed by atoms with E-state index in [4.69, 9.17) is 0 Å². The van der Waals surface area contributed by atoms with Crippen LogP contribution < -0.4 is 5.32 Å². The number of nitrogens with zero attached hydrogens (tertiary/aromatic N) is 2. The van der Waals surface area contributed by atoms with E-state index in [1.54, 1.807) is 30.3 Å². The van der Waals surface area contributed by atoms with Crippen LogP contribution in [0.3, 0.4) is 0 Å². The van der Waals surface area contributed by atoms with Crippen LogP contribution in [0.2, 0.25) is 0 Å². The molecule has 0 aromatic heterocycles. The Kier molecular flexibility index (Phi) is 4.97. The monoisotopic (exact) mass is 403 g/mol. The molecule has 30 heavy (non-hydrogen) atoms. The molecule has 3 aromatic carbocycles. The van der Waals surface area contributed by atoms with Gasteiger partial charge in [0.15, 0.2) is 0 Å². The summed E-state index contributed by atoms with van der Waals surface area (Å²) in [7, 11) is 0. The maximum atomic E-state index is 12.8. The fourth-order valence-electron chi connectivity index (χ4n) is 3.63. The van der Waals surface area contributed by atoms with Gasteiger partial charge >= 0.3 is 0 Å². The lowest BCUT2D eigenvalue weighted by atomic mass is 9.94. The number of anilines is 1. The van der Waals surface area contributed by atoms with Crippen LogP contribution in [0.1, 0.15) is 33.6 Å². The molecule has 3 amide bonds. The molecule has 1 aliphatic rings. The number of amides is 3. The lowest BCUT2D eigenvalue weighted by Crippen LogP contribution is -2.41. The number of carbonyl (C=O) groups excluding carboxylic acids is 3. The van der Waals surface area contributed by atoms with E-state index in [2.05, 4.69) is 5.32 Å². The Morgan fingerprint density at radius 2 is 1.57 bits per heavy atom. The number of para-hydroxylation sites is 2. The van der Waals surface area contributed by atoms with Gasteiger partial charge in [-0.15, -0.1) is 0 Å². The van der Waals surface area contributed by atoms with Gasteiger partial charge in [-0.3, -0.25) is 29.4 Å². The normalized spacial score (nSPS) is 12.9. The molecule has 0 atom stereocenters. The van der Waals surface area contributed by atoms with Crippen molar-refractivity contribution < 1.29 is 19.3 Å². The summed E-state index contributed by atoms with van der Waals surface area (Å²) in [5.41, 5.74) is 0.842. The molecule has 0 bridgehead atoms. The second-order valence-electron chi connectivity index (χ2n) is 6.90. The lowest BCUT2D eigenvalue weighted by molar-refractivity contribution is -0.383. The summed E-state index contributed by atoms with van der Waals surface area (Å²) >= 11 is 0. The van der Waals surface area contributed by atoms with Gasteiger partial charge in [-0.05, 0) is 30.0 Å². The highest BCUT2D eigenvalue weighted by molar-refractivity contribution is 6.25. The molecule has 1 heterocycles. The fourth-order valence-corrected chi connectivity index (χ4v) is 3.63. The van der Waals surface area contributed by atoms with Crippen molar-refractivity contribution in [3.63, 3.8) is 0 Å². The zero-order chi connectivity index (χ0) is 21.3. The van der Waals surface area contributed by atoms with Crippen molar-refractivity contribution in [2.45, 2.75) is 12.8 Å². The predicted molar refractivity (Wildman–Crippen MR) is 110 cm³/mol. The van der Waals surface area contributed by atoms with E-state index in [0.29, 0.717) is 16.5 Å². The molecule has 1 aliphatic heterocycles. The molecule has 1 N–H and O–H groups in total. The van der Waals surface area contributed by atoms with Crippen LogP contribution >= 0.6 is 0 Å². The highest BCUT2D eigenvalue weighted by Crippen LogP contribution is 2.30. The number of benzene rings is 3. The van der Waals surface area contributed by atoms with Crippen LogP contribution in [0.4, 0.5) is 11.4 Å². The summed E-state index contributed by atoms with van der Waals surface area (Å²) < 4.78 is 0. The molecule has 150 valence electrons. The van der Waals surface area contributed by atoms with Crippen molar-refractivity contribution in [2.75, 3.05) is 11.9 Å². The van der Waals surface area contributed by atoms with E-state index < -0.39 is 10.8 Å². The Bertz CT molecular complexity index is 1150. The lowest BCUT2D eigenvalue weighted by Gasteiger charge is -2.27. The van der Waals surface area contributed by atoms with E-state index in [9.17, 15) is 24.5 Å². The number of hydrogen-bond acceptors (Lipinski definition) is 5. The average molecular weight is 403 g/mol. The van der Waals surface area contributed by atoms with Crippen LogP contribution in [-0.2, 0) is 4.79 Å². The number of nitro benzene ring substituents is 1. The minimum atomic E-state index is -0.571. The minimum absolute atomic E-state index is 0.00888. The van der Waals surface area contributed by atoms with Crippen LogP contribution in [0.5, 0.6) is 0 Å². The maximum absolute atomic E-state index is 12.8. The molecule has 0 spiro atoms. The second kappa shape index (κ2) is 7.75. The fraction of sp³-hybridized carbons (Fsp3) is 0.136. The molecule has 8 nitrogen and oxygen atoms in total. The SMILES string of the molecule is O=C(CCCN1C(=O)c2cccc3cccc(c23)C1=O)Nc1ccccc1[N+](=O)[O-]. The van der Waals surface area contributed by atoms with Gasteiger partial charge in [0.25, 0.3) is 17.5 Å². The molecule has 3 aromatic rings. The zero-order valence-electron chi connectivity index (χ0n) is 15.8. The van der Waals surface area contributed by atoms with Gasteiger partial charge in [-0.1, -0.05) is 36.4 Å². The van der Waals surface area contributed by atoms with Crippen LogP contribution in [-0.4, -0.2) is 34.1 Å².